The highest BCUT2D eigenvalue weighted by atomic mass is 16.5. The summed E-state index contributed by atoms with van der Waals surface area (Å²) in [6.07, 6.45) is 1.94. The molecule has 1 amide bonds. The van der Waals surface area contributed by atoms with Gasteiger partial charge in [-0.15, -0.1) is 0 Å². The minimum atomic E-state index is -0.348. The van der Waals surface area contributed by atoms with Crippen LogP contribution in [0.1, 0.15) is 26.7 Å². The van der Waals surface area contributed by atoms with Crippen molar-refractivity contribution in [3.05, 3.63) is 0 Å². The lowest BCUT2D eigenvalue weighted by molar-refractivity contribution is -0.150. The van der Waals surface area contributed by atoms with E-state index < -0.39 is 0 Å². The van der Waals surface area contributed by atoms with Gasteiger partial charge in [0.25, 0.3) is 0 Å². The maximum absolute atomic E-state index is 11.7. The van der Waals surface area contributed by atoms with E-state index in [1.807, 2.05) is 6.92 Å². The zero-order valence-electron chi connectivity index (χ0n) is 9.90. The Balaban J connectivity index is 2.40. The summed E-state index contributed by atoms with van der Waals surface area (Å²) < 4.78 is 9.88. The summed E-state index contributed by atoms with van der Waals surface area (Å²) in [5.74, 6) is -0.475. The fourth-order valence-corrected chi connectivity index (χ4v) is 1.43. The molecule has 0 bridgehead atoms. The molecule has 92 valence electrons. The summed E-state index contributed by atoms with van der Waals surface area (Å²) in [6, 6.07) is 0.206. The van der Waals surface area contributed by atoms with Crippen molar-refractivity contribution in [2.24, 2.45) is 0 Å². The van der Waals surface area contributed by atoms with Crippen LogP contribution in [-0.2, 0) is 19.1 Å². The fourth-order valence-electron chi connectivity index (χ4n) is 1.43. The molecule has 1 saturated carbocycles. The van der Waals surface area contributed by atoms with E-state index in [2.05, 4.69) is 0 Å². The maximum Gasteiger partial charge on any atom is 0.325 e. The Morgan fingerprint density at radius 3 is 2.44 bits per heavy atom. The molecule has 0 aromatic carbocycles. The van der Waals surface area contributed by atoms with Crippen LogP contribution in [0.15, 0.2) is 0 Å². The molecule has 0 saturated heterocycles. The number of hydrogen-bond donors (Lipinski definition) is 0. The van der Waals surface area contributed by atoms with Crippen LogP contribution in [0.2, 0.25) is 0 Å². The minimum Gasteiger partial charge on any atom is -0.465 e. The molecule has 5 heteroatoms. The highest BCUT2D eigenvalue weighted by Crippen LogP contribution is 2.26. The first kappa shape index (κ1) is 13.0. The number of nitrogens with zero attached hydrogens (tertiary/aromatic N) is 1. The summed E-state index contributed by atoms with van der Waals surface area (Å²) in [4.78, 5) is 24.6. The third-order valence-electron chi connectivity index (χ3n) is 2.34. The van der Waals surface area contributed by atoms with E-state index in [0.717, 1.165) is 12.8 Å². The molecule has 1 aliphatic rings. The molecule has 5 nitrogen and oxygen atoms in total. The van der Waals surface area contributed by atoms with Crippen molar-refractivity contribution < 1.29 is 19.1 Å². The van der Waals surface area contributed by atoms with Gasteiger partial charge < -0.3 is 14.4 Å². The molecule has 1 rings (SSSR count). The lowest BCUT2D eigenvalue weighted by Gasteiger charge is -2.21. The number of amides is 1. The van der Waals surface area contributed by atoms with Crippen molar-refractivity contribution in [1.29, 1.82) is 0 Å². The summed E-state index contributed by atoms with van der Waals surface area (Å²) in [7, 11) is 0. The van der Waals surface area contributed by atoms with Gasteiger partial charge in [-0.25, -0.2) is 0 Å². The predicted octanol–water partition coefficient (Wildman–Crippen LogP) is 0.577. The van der Waals surface area contributed by atoms with Gasteiger partial charge in [0.1, 0.15) is 13.2 Å². The molecule has 0 aliphatic heterocycles. The van der Waals surface area contributed by atoms with Gasteiger partial charge in [-0.1, -0.05) is 0 Å². The van der Waals surface area contributed by atoms with Crippen molar-refractivity contribution in [3.63, 3.8) is 0 Å². The molecule has 0 aromatic heterocycles. The summed E-state index contributed by atoms with van der Waals surface area (Å²) >= 11 is 0. The van der Waals surface area contributed by atoms with E-state index in [1.165, 1.54) is 0 Å². The topological polar surface area (TPSA) is 55.8 Å². The summed E-state index contributed by atoms with van der Waals surface area (Å²) in [6.45, 7) is 4.53. The lowest BCUT2D eigenvalue weighted by atomic mass is 10.4. The van der Waals surface area contributed by atoms with Crippen LogP contribution in [0, 0.1) is 0 Å². The largest absolute Gasteiger partial charge is 0.465 e. The molecule has 0 radical (unpaired) electrons. The number of esters is 1. The maximum atomic E-state index is 11.7. The molecular formula is C11H19NO4. The van der Waals surface area contributed by atoms with Crippen LogP contribution in [0.5, 0.6) is 0 Å². The first-order chi connectivity index (χ1) is 7.69. The molecule has 0 unspecified atom stereocenters. The van der Waals surface area contributed by atoms with Gasteiger partial charge >= 0.3 is 5.97 Å². The Morgan fingerprint density at radius 2 is 1.94 bits per heavy atom. The number of carbonyl (C=O) groups is 2. The van der Waals surface area contributed by atoms with Crippen molar-refractivity contribution >= 4 is 11.9 Å². The van der Waals surface area contributed by atoms with Crippen molar-refractivity contribution in [2.45, 2.75) is 32.7 Å². The van der Waals surface area contributed by atoms with Gasteiger partial charge in [-0.05, 0) is 26.7 Å². The fraction of sp³-hybridized carbons (Fsp3) is 0.818. The first-order valence-electron chi connectivity index (χ1n) is 5.71. The summed E-state index contributed by atoms with van der Waals surface area (Å²) in [5.41, 5.74) is 0. The zero-order valence-corrected chi connectivity index (χ0v) is 9.90. The average molecular weight is 229 g/mol. The average Bonchev–Trinajstić information content (AvgIpc) is 3.06. The lowest BCUT2D eigenvalue weighted by Crippen LogP contribution is -2.40. The first-order valence-corrected chi connectivity index (χ1v) is 5.71. The van der Waals surface area contributed by atoms with Gasteiger partial charge in [-0.3, -0.25) is 9.59 Å². The quantitative estimate of drug-likeness (QED) is 0.599. The molecule has 1 aliphatic carbocycles. The smallest absolute Gasteiger partial charge is 0.325 e. The summed E-state index contributed by atoms with van der Waals surface area (Å²) in [5, 5.41) is 0. The Bertz CT molecular complexity index is 250. The van der Waals surface area contributed by atoms with Gasteiger partial charge in [-0.2, -0.15) is 0 Å². The van der Waals surface area contributed by atoms with Crippen LogP contribution in [0.4, 0.5) is 0 Å². The normalized spacial score (nSPS) is 14.6. The highest BCUT2D eigenvalue weighted by molar-refractivity contribution is 5.83. The molecule has 0 atom stereocenters. The second-order valence-corrected chi connectivity index (χ2v) is 3.69. The van der Waals surface area contributed by atoms with E-state index in [1.54, 1.807) is 11.8 Å². The van der Waals surface area contributed by atoms with Crippen LogP contribution < -0.4 is 0 Å². The van der Waals surface area contributed by atoms with Crippen LogP contribution in [0.25, 0.3) is 0 Å². The highest BCUT2D eigenvalue weighted by Gasteiger charge is 2.33. The van der Waals surface area contributed by atoms with Gasteiger partial charge in [0.15, 0.2) is 0 Å². The van der Waals surface area contributed by atoms with Crippen molar-refractivity contribution in [2.75, 3.05) is 26.4 Å². The molecule has 0 heterocycles. The Kier molecular flexibility index (Phi) is 5.25. The molecular weight excluding hydrogens is 210 g/mol. The van der Waals surface area contributed by atoms with Crippen LogP contribution >= 0.6 is 0 Å². The SMILES string of the molecule is CCOCC(=O)N(CC(=O)OCC)C1CC1. The number of hydrogen-bond acceptors (Lipinski definition) is 4. The zero-order chi connectivity index (χ0) is 12.0. The molecule has 1 fully saturated rings. The van der Waals surface area contributed by atoms with Gasteiger partial charge in [0, 0.05) is 12.6 Å². The standard InChI is InChI=1S/C11H19NO4/c1-3-15-8-10(13)12(9-5-6-9)7-11(14)16-4-2/h9H,3-8H2,1-2H3. The van der Waals surface area contributed by atoms with E-state index >= 15 is 0 Å². The minimum absolute atomic E-state index is 0.0460. The van der Waals surface area contributed by atoms with Gasteiger partial charge in [0.2, 0.25) is 5.91 Å². The molecule has 16 heavy (non-hydrogen) atoms. The van der Waals surface area contributed by atoms with E-state index in [-0.39, 0.29) is 31.1 Å². The second-order valence-electron chi connectivity index (χ2n) is 3.69. The van der Waals surface area contributed by atoms with Crippen LogP contribution in [-0.4, -0.2) is 49.2 Å². The van der Waals surface area contributed by atoms with Gasteiger partial charge in [0.05, 0.1) is 6.61 Å². The number of ether oxygens (including phenoxy) is 2. The Labute approximate surface area is 95.7 Å². The Hall–Kier alpha value is -1.10. The van der Waals surface area contributed by atoms with Crippen molar-refractivity contribution in [1.82, 2.24) is 4.90 Å². The number of carbonyl (C=O) groups excluding carboxylic acids is 2. The predicted molar refractivity (Wildman–Crippen MR) is 57.9 cm³/mol. The molecule has 0 aromatic rings. The van der Waals surface area contributed by atoms with Crippen LogP contribution in [0.3, 0.4) is 0 Å². The number of rotatable bonds is 7. The van der Waals surface area contributed by atoms with E-state index in [0.29, 0.717) is 13.2 Å². The molecule has 0 N–H and O–H groups in total. The van der Waals surface area contributed by atoms with E-state index in [9.17, 15) is 9.59 Å². The third-order valence-corrected chi connectivity index (χ3v) is 2.34. The second kappa shape index (κ2) is 6.48. The Morgan fingerprint density at radius 1 is 1.25 bits per heavy atom. The molecule has 0 spiro atoms. The van der Waals surface area contributed by atoms with Crippen molar-refractivity contribution in [3.8, 4) is 0 Å². The van der Waals surface area contributed by atoms with E-state index in [4.69, 9.17) is 9.47 Å². The third kappa shape index (κ3) is 4.18. The monoisotopic (exact) mass is 229 g/mol.